The molecule has 0 aromatic carbocycles. The summed E-state index contributed by atoms with van der Waals surface area (Å²) >= 11 is 23.9. The van der Waals surface area contributed by atoms with E-state index in [1.165, 1.54) is 0 Å². The molecule has 0 radical (unpaired) electrons. The summed E-state index contributed by atoms with van der Waals surface area (Å²) < 4.78 is 0. The van der Waals surface area contributed by atoms with Crippen molar-refractivity contribution in [3.05, 3.63) is 0 Å². The molecule has 0 saturated carbocycles. The largest absolute Gasteiger partial charge is 0.338 e. The van der Waals surface area contributed by atoms with Crippen LogP contribution in [0.5, 0.6) is 0 Å². The predicted molar refractivity (Wildman–Crippen MR) is 311 cm³/mol. The Balaban J connectivity index is 2.32. The Hall–Kier alpha value is 2.88. The van der Waals surface area contributed by atoms with Gasteiger partial charge in [0.2, 0.25) is 35.8 Å². The van der Waals surface area contributed by atoms with Crippen LogP contribution in [0.25, 0.3) is 0 Å². The summed E-state index contributed by atoms with van der Waals surface area (Å²) in [5, 5.41) is 2.51. The van der Waals surface area contributed by atoms with Crippen molar-refractivity contribution in [3.63, 3.8) is 0 Å². The lowest BCUT2D eigenvalue weighted by molar-refractivity contribution is 0.417. The van der Waals surface area contributed by atoms with Crippen LogP contribution in [-0.2, 0) is 0 Å². The van der Waals surface area contributed by atoms with Crippen LogP contribution >= 0.6 is 178 Å². The quantitative estimate of drug-likeness (QED) is 0.0640. The second kappa shape index (κ2) is 31.7. The Morgan fingerprint density at radius 3 is 0.793 bits per heavy atom. The van der Waals surface area contributed by atoms with Gasteiger partial charge in [0.15, 0.2) is 0 Å². The Morgan fingerprint density at radius 2 is 0.603 bits per heavy atom. The first-order valence-corrected chi connectivity index (χ1v) is 38.7. The van der Waals surface area contributed by atoms with Crippen molar-refractivity contribution in [2.75, 3.05) is 136 Å². The first-order valence-electron chi connectivity index (χ1n) is 18.4. The molecule has 0 aliphatic carbocycles. The van der Waals surface area contributed by atoms with Crippen molar-refractivity contribution in [3.8, 4) is 0 Å². The Bertz CT molecular complexity index is 1200. The number of thioether (sulfide) groups is 10. The monoisotopic (exact) mass is 1250 g/mol. The molecule has 3 rings (SSSR count). The number of halogens is 2. The van der Waals surface area contributed by atoms with Gasteiger partial charge < -0.3 is 14.7 Å². The fraction of sp³-hybridized carbons (Fsp3) is 0.824. The maximum atomic E-state index is 5.32. The summed E-state index contributed by atoms with van der Waals surface area (Å²) in [6, 6.07) is 0. The summed E-state index contributed by atoms with van der Waals surface area (Å²) in [5.74, 6) is 9.96. The van der Waals surface area contributed by atoms with E-state index in [-0.39, 0.29) is 0 Å². The molecule has 3 aliphatic heterocycles. The first kappa shape index (κ1) is 55.2. The van der Waals surface area contributed by atoms with Gasteiger partial charge in [-0.05, 0) is 105 Å². The maximum absolute atomic E-state index is 5.32. The van der Waals surface area contributed by atoms with E-state index in [9.17, 15) is 0 Å². The van der Waals surface area contributed by atoms with Crippen molar-refractivity contribution < 1.29 is 0 Å². The number of hydrogen-bond donors (Lipinski definition) is 0. The number of hydrogen-bond acceptors (Lipinski definition) is 22. The summed E-state index contributed by atoms with van der Waals surface area (Å²) in [6.45, 7) is 5.04. The van der Waals surface area contributed by atoms with Crippen LogP contribution in [0.15, 0.2) is 30.0 Å². The van der Waals surface area contributed by atoms with Crippen LogP contribution in [0, 0.1) is 0 Å². The minimum absolute atomic E-state index is 0.414. The highest BCUT2D eigenvalue weighted by atomic mass is 127. The highest BCUT2D eigenvalue weighted by Gasteiger charge is 2.39. The van der Waals surface area contributed by atoms with E-state index in [1.54, 1.807) is 0 Å². The lowest BCUT2D eigenvalue weighted by Gasteiger charge is -2.38. The van der Waals surface area contributed by atoms with E-state index < -0.39 is 0 Å². The lowest BCUT2D eigenvalue weighted by atomic mass is 10.3. The molecule has 10 nitrogen and oxygen atoms in total. The molecular formula is C34H60I2N10S12. The van der Waals surface area contributed by atoms with E-state index >= 15 is 0 Å². The number of rotatable bonds is 30. The molecule has 6 unspecified atom stereocenters. The number of nitrogens with zero attached hydrogens (tertiary/aromatic N) is 10. The zero-order chi connectivity index (χ0) is 42.5. The normalized spacial score (nSPS) is 18.1. The van der Waals surface area contributed by atoms with Gasteiger partial charge >= 0.3 is 0 Å². The van der Waals surface area contributed by atoms with Gasteiger partial charge in [-0.2, -0.15) is 148 Å². The SMILES string of the molecule is CSCC(CN(CC(CSC)SC)C1=NC2=NC(N(CC(CSC)SC)CC(CSI)SC)=NC3=NC(N(CC(CSC)SC)CC(CSI)SC)=NC(=N1)N23)SC. The van der Waals surface area contributed by atoms with Gasteiger partial charge in [-0.15, -0.1) is 0 Å². The highest BCUT2D eigenvalue weighted by Crippen LogP contribution is 2.28. The van der Waals surface area contributed by atoms with Crippen molar-refractivity contribution in [2.45, 2.75) is 31.5 Å². The molecule has 3 heterocycles. The zero-order valence-electron chi connectivity index (χ0n) is 35.1. The number of guanidine groups is 6. The molecule has 0 aromatic heterocycles. The number of aliphatic imine (C=N–C) groups is 6. The van der Waals surface area contributed by atoms with E-state index in [2.05, 4.69) is 120 Å². The van der Waals surface area contributed by atoms with E-state index in [1.807, 2.05) is 140 Å². The molecule has 58 heavy (non-hydrogen) atoms. The minimum atomic E-state index is 0.414. The van der Waals surface area contributed by atoms with Gasteiger partial charge in [0.1, 0.15) is 0 Å². The van der Waals surface area contributed by atoms with Gasteiger partial charge in [-0.25, -0.2) is 4.90 Å². The molecule has 0 saturated heterocycles. The standard InChI is InChI=1S/C34H60I2N10S12/c1-47-17-23(51-5)11-43(12-24(52-6)18-48-2)29-37-32-39-30(44(13-25(53-7)19-49-3)15-27(55-9)21-57-35)41-34-42-31(40-33(38-29)46(32)34)45(14-26(54-8)20-50-4)16-28(56-10)22-58-36/h23-28H,11-22H2,1-10H3. The summed E-state index contributed by atoms with van der Waals surface area (Å²) in [7, 11) is 3.73. The smallest absolute Gasteiger partial charge is 0.246 e. The average molecular weight is 1250 g/mol. The van der Waals surface area contributed by atoms with E-state index in [4.69, 9.17) is 30.0 Å². The third-order valence-corrected chi connectivity index (χ3v) is 22.4. The molecule has 3 aliphatic rings. The zero-order valence-corrected chi connectivity index (χ0v) is 49.2. The Morgan fingerprint density at radius 1 is 0.379 bits per heavy atom. The molecule has 0 fully saturated rings. The predicted octanol–water partition coefficient (Wildman–Crippen LogP) is 9.38. The minimum Gasteiger partial charge on any atom is -0.338 e. The molecule has 0 N–H and O–H groups in total. The maximum Gasteiger partial charge on any atom is 0.246 e. The molecule has 24 heteroatoms. The van der Waals surface area contributed by atoms with E-state index in [0.717, 1.165) is 73.8 Å². The van der Waals surface area contributed by atoms with Crippen molar-refractivity contribution in [2.24, 2.45) is 30.0 Å². The van der Waals surface area contributed by atoms with Gasteiger partial charge in [0.25, 0.3) is 0 Å². The molecule has 0 spiro atoms. The van der Waals surface area contributed by atoms with Crippen LogP contribution in [0.4, 0.5) is 0 Å². The van der Waals surface area contributed by atoms with Crippen LogP contribution in [-0.4, -0.2) is 223 Å². The first-order chi connectivity index (χ1) is 28.2. The van der Waals surface area contributed by atoms with Crippen molar-refractivity contribution in [1.29, 1.82) is 0 Å². The van der Waals surface area contributed by atoms with Gasteiger partial charge in [-0.3, -0.25) is 0 Å². The fourth-order valence-corrected chi connectivity index (χ4v) is 19.7. The second-order valence-electron chi connectivity index (χ2n) is 13.0. The van der Waals surface area contributed by atoms with Crippen LogP contribution in [0.1, 0.15) is 0 Å². The lowest BCUT2D eigenvalue weighted by Crippen LogP contribution is -2.54. The molecule has 0 bridgehead atoms. The van der Waals surface area contributed by atoms with Gasteiger partial charge in [-0.1, -0.05) is 17.9 Å². The third-order valence-electron chi connectivity index (χ3n) is 9.10. The van der Waals surface area contributed by atoms with Crippen molar-refractivity contribution >= 4 is 214 Å². The topological polar surface area (TPSA) is 87.1 Å². The molecule has 6 atom stereocenters. The van der Waals surface area contributed by atoms with Crippen LogP contribution < -0.4 is 0 Å². The Kier molecular flexibility index (Phi) is 30.2. The van der Waals surface area contributed by atoms with Crippen LogP contribution in [0.3, 0.4) is 0 Å². The Labute approximate surface area is 425 Å². The highest BCUT2D eigenvalue weighted by molar-refractivity contribution is 14.2. The molecular weight excluding hydrogens is 1190 g/mol. The summed E-state index contributed by atoms with van der Waals surface area (Å²) in [6.07, 6.45) is 22.1. The van der Waals surface area contributed by atoms with Gasteiger partial charge in [0.05, 0.1) is 0 Å². The average Bonchev–Trinajstić information content (AvgIpc) is 3.23. The van der Waals surface area contributed by atoms with Crippen molar-refractivity contribution in [1.82, 2.24) is 19.6 Å². The molecule has 332 valence electrons. The van der Waals surface area contributed by atoms with E-state index in [0.29, 0.717) is 67.3 Å². The van der Waals surface area contributed by atoms with Crippen LogP contribution in [0.2, 0.25) is 0 Å². The third kappa shape index (κ3) is 17.9. The summed E-state index contributed by atoms with van der Waals surface area (Å²) in [4.78, 5) is 41.0. The second-order valence-corrected chi connectivity index (χ2v) is 28.4. The fourth-order valence-electron chi connectivity index (χ4n) is 5.92. The molecule has 0 amide bonds. The molecule has 0 aromatic rings. The summed E-state index contributed by atoms with van der Waals surface area (Å²) in [5.41, 5.74) is 0. The van der Waals surface area contributed by atoms with Gasteiger partial charge in [0, 0.05) is 105 Å².